The van der Waals surface area contributed by atoms with Crippen molar-refractivity contribution in [3.8, 4) is 0 Å². The van der Waals surface area contributed by atoms with Crippen LogP contribution < -0.4 is 10.9 Å². The van der Waals surface area contributed by atoms with Gasteiger partial charge in [-0.15, -0.1) is 0 Å². The Kier molecular flexibility index (Phi) is 4.59. The van der Waals surface area contributed by atoms with E-state index in [0.29, 0.717) is 5.02 Å². The molecule has 1 rings (SSSR count). The van der Waals surface area contributed by atoms with Gasteiger partial charge in [-0.25, -0.2) is 5.43 Å². The molecule has 0 spiro atoms. The van der Waals surface area contributed by atoms with E-state index in [0.717, 1.165) is 12.0 Å². The molecule has 0 heterocycles. The van der Waals surface area contributed by atoms with Gasteiger partial charge in [0, 0.05) is 11.9 Å². The normalized spacial score (nSPS) is 12.2. The molecule has 1 aromatic carbocycles. The largest absolute Gasteiger partial charge is 0.291 e. The van der Waals surface area contributed by atoms with Crippen LogP contribution in [0.1, 0.15) is 31.9 Å². The molecule has 0 fully saturated rings. The highest BCUT2D eigenvalue weighted by Crippen LogP contribution is 2.18. The Balaban J connectivity index is 2.65. The van der Waals surface area contributed by atoms with Crippen LogP contribution in [0, 0.1) is 0 Å². The summed E-state index contributed by atoms with van der Waals surface area (Å²) in [6, 6.07) is 7.70. The molecule has 0 aliphatic rings. The minimum atomic E-state index is -0.0950. The fraction of sp³-hybridized carbons (Fsp3) is 0.364. The van der Waals surface area contributed by atoms with Crippen LogP contribution in [0.15, 0.2) is 24.3 Å². The minimum absolute atomic E-state index is 0.0950. The van der Waals surface area contributed by atoms with Gasteiger partial charge in [0.05, 0.1) is 6.04 Å². The summed E-state index contributed by atoms with van der Waals surface area (Å²) in [4.78, 5) is 10.8. The predicted molar refractivity (Wildman–Crippen MR) is 61.4 cm³/mol. The summed E-state index contributed by atoms with van der Waals surface area (Å²) in [6.07, 6.45) is 0.891. The molecule has 3 nitrogen and oxygen atoms in total. The Labute approximate surface area is 94.8 Å². The lowest BCUT2D eigenvalue weighted by molar-refractivity contribution is -0.120. The molecule has 0 aliphatic carbocycles. The summed E-state index contributed by atoms with van der Waals surface area (Å²) in [6.45, 7) is 3.52. The second-order valence-corrected chi connectivity index (χ2v) is 3.77. The molecule has 0 radical (unpaired) electrons. The lowest BCUT2D eigenvalue weighted by atomic mass is 10.1. The summed E-state index contributed by atoms with van der Waals surface area (Å²) >= 11 is 5.80. The molecule has 0 saturated heterocycles. The van der Waals surface area contributed by atoms with Crippen LogP contribution in [0.3, 0.4) is 0 Å². The summed E-state index contributed by atoms with van der Waals surface area (Å²) in [7, 11) is 0. The van der Waals surface area contributed by atoms with E-state index in [1.807, 2.05) is 31.2 Å². The SMILES string of the molecule is CCC(NNC(C)=O)c1ccc(Cl)cc1. The van der Waals surface area contributed by atoms with Crippen molar-refractivity contribution < 1.29 is 4.79 Å². The molecule has 0 aliphatic heterocycles. The predicted octanol–water partition coefficient (Wildman–Crippen LogP) is 2.43. The number of carbonyl (C=O) groups is 1. The summed E-state index contributed by atoms with van der Waals surface area (Å²) in [5.74, 6) is -0.0950. The summed E-state index contributed by atoms with van der Waals surface area (Å²) in [5, 5.41) is 0.716. The second-order valence-electron chi connectivity index (χ2n) is 3.34. The molecule has 1 amide bonds. The van der Waals surface area contributed by atoms with E-state index < -0.39 is 0 Å². The fourth-order valence-electron chi connectivity index (χ4n) is 1.30. The van der Waals surface area contributed by atoms with Gasteiger partial charge in [-0.05, 0) is 24.1 Å². The first-order valence-corrected chi connectivity index (χ1v) is 5.29. The van der Waals surface area contributed by atoms with Gasteiger partial charge < -0.3 is 0 Å². The van der Waals surface area contributed by atoms with Gasteiger partial charge in [-0.2, -0.15) is 0 Å². The molecule has 0 aromatic heterocycles. The van der Waals surface area contributed by atoms with Crippen molar-refractivity contribution in [1.29, 1.82) is 0 Å². The molecule has 82 valence electrons. The van der Waals surface area contributed by atoms with Gasteiger partial charge in [0.1, 0.15) is 0 Å². The minimum Gasteiger partial charge on any atom is -0.291 e. The Hall–Kier alpha value is -1.06. The van der Waals surface area contributed by atoms with Gasteiger partial charge >= 0.3 is 0 Å². The van der Waals surface area contributed by atoms with E-state index in [1.54, 1.807) is 0 Å². The molecule has 1 atom stereocenters. The number of hydrogen-bond donors (Lipinski definition) is 2. The molecule has 1 aromatic rings. The van der Waals surface area contributed by atoms with E-state index >= 15 is 0 Å². The number of carbonyl (C=O) groups excluding carboxylic acids is 1. The van der Waals surface area contributed by atoms with E-state index in [1.165, 1.54) is 6.92 Å². The van der Waals surface area contributed by atoms with Gasteiger partial charge in [-0.1, -0.05) is 30.7 Å². The van der Waals surface area contributed by atoms with Crippen molar-refractivity contribution in [2.75, 3.05) is 0 Å². The zero-order valence-electron chi connectivity index (χ0n) is 8.88. The number of benzene rings is 1. The van der Waals surface area contributed by atoms with E-state index in [2.05, 4.69) is 10.9 Å². The Morgan fingerprint density at radius 2 is 2.00 bits per heavy atom. The van der Waals surface area contributed by atoms with Crippen molar-refractivity contribution in [3.05, 3.63) is 34.9 Å². The maximum atomic E-state index is 10.8. The molecule has 4 heteroatoms. The molecule has 15 heavy (non-hydrogen) atoms. The van der Waals surface area contributed by atoms with Crippen LogP contribution in [0.2, 0.25) is 5.02 Å². The highest BCUT2D eigenvalue weighted by molar-refractivity contribution is 6.30. The third-order valence-corrected chi connectivity index (χ3v) is 2.36. The van der Waals surface area contributed by atoms with Gasteiger partial charge in [0.25, 0.3) is 0 Å². The van der Waals surface area contributed by atoms with Crippen molar-refractivity contribution in [3.63, 3.8) is 0 Å². The maximum Gasteiger partial charge on any atom is 0.230 e. The third kappa shape index (κ3) is 3.90. The summed E-state index contributed by atoms with van der Waals surface area (Å²) < 4.78 is 0. The van der Waals surface area contributed by atoms with Crippen LogP contribution in [-0.4, -0.2) is 5.91 Å². The summed E-state index contributed by atoms with van der Waals surface area (Å²) in [5.41, 5.74) is 6.66. The average molecular weight is 227 g/mol. The Morgan fingerprint density at radius 1 is 1.40 bits per heavy atom. The third-order valence-electron chi connectivity index (χ3n) is 2.10. The molecule has 0 bridgehead atoms. The first kappa shape index (κ1) is 12.0. The fourth-order valence-corrected chi connectivity index (χ4v) is 1.43. The average Bonchev–Trinajstić information content (AvgIpc) is 2.21. The number of nitrogens with one attached hydrogen (secondary N) is 2. The Morgan fingerprint density at radius 3 is 2.47 bits per heavy atom. The van der Waals surface area contributed by atoms with Crippen LogP contribution in [0.25, 0.3) is 0 Å². The van der Waals surface area contributed by atoms with E-state index in [4.69, 9.17) is 11.6 Å². The molecule has 0 saturated carbocycles. The second kappa shape index (κ2) is 5.73. The van der Waals surface area contributed by atoms with Crippen LogP contribution in [0.4, 0.5) is 0 Å². The highest BCUT2D eigenvalue weighted by atomic mass is 35.5. The number of halogens is 1. The zero-order valence-corrected chi connectivity index (χ0v) is 9.64. The van der Waals surface area contributed by atoms with Crippen molar-refractivity contribution in [2.24, 2.45) is 0 Å². The van der Waals surface area contributed by atoms with Crippen LogP contribution in [0.5, 0.6) is 0 Å². The molecular formula is C11H15ClN2O. The van der Waals surface area contributed by atoms with Crippen LogP contribution in [-0.2, 0) is 4.79 Å². The number of amides is 1. The lowest BCUT2D eigenvalue weighted by Crippen LogP contribution is -2.38. The van der Waals surface area contributed by atoms with E-state index in [9.17, 15) is 4.79 Å². The zero-order chi connectivity index (χ0) is 11.3. The number of rotatable bonds is 4. The monoisotopic (exact) mass is 226 g/mol. The molecule has 1 unspecified atom stereocenters. The molecular weight excluding hydrogens is 212 g/mol. The quantitative estimate of drug-likeness (QED) is 0.775. The number of hydrogen-bond acceptors (Lipinski definition) is 2. The topological polar surface area (TPSA) is 41.1 Å². The Bertz CT molecular complexity index is 324. The lowest BCUT2D eigenvalue weighted by Gasteiger charge is -2.17. The smallest absolute Gasteiger partial charge is 0.230 e. The van der Waals surface area contributed by atoms with Crippen molar-refractivity contribution in [1.82, 2.24) is 10.9 Å². The van der Waals surface area contributed by atoms with E-state index in [-0.39, 0.29) is 11.9 Å². The maximum absolute atomic E-state index is 10.8. The molecule has 2 N–H and O–H groups in total. The standard InChI is InChI=1S/C11H15ClN2O/c1-3-11(14-13-8(2)15)9-4-6-10(12)7-5-9/h4-7,11,14H,3H2,1-2H3,(H,13,15). The van der Waals surface area contributed by atoms with Gasteiger partial charge in [-0.3, -0.25) is 10.2 Å². The first-order valence-electron chi connectivity index (χ1n) is 4.91. The first-order chi connectivity index (χ1) is 7.13. The van der Waals surface area contributed by atoms with Crippen molar-refractivity contribution >= 4 is 17.5 Å². The van der Waals surface area contributed by atoms with Gasteiger partial charge in [0.15, 0.2) is 0 Å². The number of hydrazine groups is 1. The van der Waals surface area contributed by atoms with Crippen LogP contribution >= 0.6 is 11.6 Å². The highest BCUT2D eigenvalue weighted by Gasteiger charge is 2.08. The van der Waals surface area contributed by atoms with Crippen molar-refractivity contribution in [2.45, 2.75) is 26.3 Å². The van der Waals surface area contributed by atoms with Gasteiger partial charge in [0.2, 0.25) is 5.91 Å².